The highest BCUT2D eigenvalue weighted by molar-refractivity contribution is 5.85. The van der Waals surface area contributed by atoms with Crippen molar-refractivity contribution in [2.75, 3.05) is 11.5 Å². The molecule has 0 atom stereocenters. The fourth-order valence-electron chi connectivity index (χ4n) is 1.19. The lowest BCUT2D eigenvalue weighted by Crippen LogP contribution is -2.25. The fourth-order valence-corrected chi connectivity index (χ4v) is 1.19. The number of nitrogens with zero attached hydrogens (tertiary/aromatic N) is 1. The first-order valence-corrected chi connectivity index (χ1v) is 4.44. The first-order valence-electron chi connectivity index (χ1n) is 4.44. The molecule has 0 unspecified atom stereocenters. The SMILES string of the molecule is Cl.Nc1ccc(OC2CCC2)nc1N. The number of nitrogen functional groups attached to an aromatic ring is 2. The lowest BCUT2D eigenvalue weighted by atomic mass is 9.96. The van der Waals surface area contributed by atoms with Gasteiger partial charge in [0, 0.05) is 6.07 Å². The zero-order chi connectivity index (χ0) is 9.26. The molecule has 1 aliphatic rings. The number of ether oxygens (including phenoxy) is 1. The zero-order valence-corrected chi connectivity index (χ0v) is 8.59. The molecule has 0 radical (unpaired) electrons. The third-order valence-electron chi connectivity index (χ3n) is 2.27. The van der Waals surface area contributed by atoms with Crippen molar-refractivity contribution >= 4 is 23.9 Å². The number of pyridine rings is 1. The van der Waals surface area contributed by atoms with Crippen molar-refractivity contribution in [1.29, 1.82) is 0 Å². The number of hydrogen-bond donors (Lipinski definition) is 2. The van der Waals surface area contributed by atoms with Gasteiger partial charge in [0.25, 0.3) is 0 Å². The molecule has 1 aromatic rings. The van der Waals surface area contributed by atoms with Crippen molar-refractivity contribution in [2.24, 2.45) is 0 Å². The van der Waals surface area contributed by atoms with Gasteiger partial charge in [-0.3, -0.25) is 0 Å². The Morgan fingerprint density at radius 3 is 2.50 bits per heavy atom. The topological polar surface area (TPSA) is 74.2 Å². The van der Waals surface area contributed by atoms with Gasteiger partial charge in [0.1, 0.15) is 6.10 Å². The Balaban J connectivity index is 0.000000980. The van der Waals surface area contributed by atoms with Crippen molar-refractivity contribution in [3.8, 4) is 5.88 Å². The minimum atomic E-state index is 0. The summed E-state index contributed by atoms with van der Waals surface area (Å²) in [6.07, 6.45) is 3.81. The Hall–Kier alpha value is -1.16. The van der Waals surface area contributed by atoms with Crippen LogP contribution in [-0.2, 0) is 0 Å². The molecule has 1 saturated carbocycles. The largest absolute Gasteiger partial charge is 0.474 e. The summed E-state index contributed by atoms with van der Waals surface area (Å²) >= 11 is 0. The van der Waals surface area contributed by atoms with Crippen molar-refractivity contribution in [3.63, 3.8) is 0 Å². The highest BCUT2D eigenvalue weighted by Gasteiger charge is 2.19. The van der Waals surface area contributed by atoms with Gasteiger partial charge in [0.15, 0.2) is 5.82 Å². The third kappa shape index (κ3) is 2.20. The van der Waals surface area contributed by atoms with Gasteiger partial charge in [-0.25, -0.2) is 0 Å². The molecule has 78 valence electrons. The average molecular weight is 216 g/mol. The average Bonchev–Trinajstić information content (AvgIpc) is 2.04. The predicted molar refractivity (Wildman–Crippen MR) is 58.6 cm³/mol. The second-order valence-electron chi connectivity index (χ2n) is 3.29. The number of aromatic nitrogens is 1. The third-order valence-corrected chi connectivity index (χ3v) is 2.27. The molecule has 0 bridgehead atoms. The maximum Gasteiger partial charge on any atom is 0.215 e. The lowest BCUT2D eigenvalue weighted by molar-refractivity contribution is 0.115. The maximum absolute atomic E-state index is 5.54. The van der Waals surface area contributed by atoms with E-state index in [1.165, 1.54) is 6.42 Å². The molecule has 0 spiro atoms. The molecule has 2 rings (SSSR count). The Labute approximate surface area is 89.1 Å². The van der Waals surface area contributed by atoms with Crippen molar-refractivity contribution in [1.82, 2.24) is 4.98 Å². The summed E-state index contributed by atoms with van der Waals surface area (Å²) in [5.74, 6) is 0.924. The molecule has 0 aromatic carbocycles. The molecule has 0 saturated heterocycles. The van der Waals surface area contributed by atoms with Gasteiger partial charge >= 0.3 is 0 Å². The van der Waals surface area contributed by atoms with E-state index >= 15 is 0 Å². The molecule has 14 heavy (non-hydrogen) atoms. The van der Waals surface area contributed by atoms with Crippen LogP contribution in [0.4, 0.5) is 11.5 Å². The van der Waals surface area contributed by atoms with E-state index in [9.17, 15) is 0 Å². The van der Waals surface area contributed by atoms with Crippen LogP contribution >= 0.6 is 12.4 Å². The zero-order valence-electron chi connectivity index (χ0n) is 7.77. The number of anilines is 2. The van der Waals surface area contributed by atoms with Gasteiger partial charge < -0.3 is 16.2 Å². The summed E-state index contributed by atoms with van der Waals surface area (Å²) in [6, 6.07) is 3.47. The Morgan fingerprint density at radius 1 is 1.29 bits per heavy atom. The van der Waals surface area contributed by atoms with Crippen LogP contribution in [-0.4, -0.2) is 11.1 Å². The maximum atomic E-state index is 5.54. The van der Waals surface area contributed by atoms with E-state index in [0.29, 0.717) is 23.5 Å². The van der Waals surface area contributed by atoms with Crippen LogP contribution in [0.5, 0.6) is 5.88 Å². The first-order chi connectivity index (χ1) is 6.25. The van der Waals surface area contributed by atoms with Crippen LogP contribution in [0.1, 0.15) is 19.3 Å². The Bertz CT molecular complexity index is 315. The molecule has 4 nitrogen and oxygen atoms in total. The minimum Gasteiger partial charge on any atom is -0.474 e. The summed E-state index contributed by atoms with van der Waals surface area (Å²) in [4.78, 5) is 4.03. The summed E-state index contributed by atoms with van der Waals surface area (Å²) in [6.45, 7) is 0. The summed E-state index contributed by atoms with van der Waals surface area (Å²) in [5.41, 5.74) is 11.6. The van der Waals surface area contributed by atoms with Crippen LogP contribution in [0.15, 0.2) is 12.1 Å². The molecule has 1 fully saturated rings. The highest BCUT2D eigenvalue weighted by Crippen LogP contribution is 2.25. The fraction of sp³-hybridized carbons (Fsp3) is 0.444. The van der Waals surface area contributed by atoms with Crippen LogP contribution in [0.25, 0.3) is 0 Å². The molecule has 1 aromatic heterocycles. The van der Waals surface area contributed by atoms with E-state index in [4.69, 9.17) is 16.2 Å². The standard InChI is InChI=1S/C9H13N3O.ClH/c10-7-4-5-8(12-9(7)11)13-6-2-1-3-6;/h4-6H,1-3,10H2,(H2,11,12);1H. The number of hydrogen-bond acceptors (Lipinski definition) is 4. The van der Waals surface area contributed by atoms with Gasteiger partial charge in [-0.15, -0.1) is 12.4 Å². The molecular weight excluding hydrogens is 202 g/mol. The van der Waals surface area contributed by atoms with E-state index in [1.807, 2.05) is 0 Å². The van der Waals surface area contributed by atoms with Crippen LogP contribution in [0.3, 0.4) is 0 Å². The van der Waals surface area contributed by atoms with Crippen LogP contribution in [0.2, 0.25) is 0 Å². The van der Waals surface area contributed by atoms with Crippen molar-refractivity contribution in [2.45, 2.75) is 25.4 Å². The van der Waals surface area contributed by atoms with Crippen molar-refractivity contribution < 1.29 is 4.74 Å². The number of rotatable bonds is 2. The summed E-state index contributed by atoms with van der Waals surface area (Å²) < 4.78 is 5.54. The van der Waals surface area contributed by atoms with Gasteiger partial charge in [-0.1, -0.05) is 0 Å². The van der Waals surface area contributed by atoms with E-state index in [1.54, 1.807) is 12.1 Å². The van der Waals surface area contributed by atoms with E-state index in [2.05, 4.69) is 4.98 Å². The molecule has 1 heterocycles. The second kappa shape index (κ2) is 4.37. The smallest absolute Gasteiger partial charge is 0.215 e. The quantitative estimate of drug-likeness (QED) is 0.786. The summed E-state index contributed by atoms with van der Waals surface area (Å²) in [7, 11) is 0. The Kier molecular flexibility index (Phi) is 3.41. The Morgan fingerprint density at radius 2 is 2.00 bits per heavy atom. The molecule has 0 aliphatic heterocycles. The second-order valence-corrected chi connectivity index (χ2v) is 3.29. The van der Waals surface area contributed by atoms with Gasteiger partial charge in [-0.05, 0) is 25.3 Å². The van der Waals surface area contributed by atoms with Crippen molar-refractivity contribution in [3.05, 3.63) is 12.1 Å². The monoisotopic (exact) mass is 215 g/mol. The normalized spacial score (nSPS) is 15.4. The number of halogens is 1. The minimum absolute atomic E-state index is 0. The molecular formula is C9H14ClN3O. The molecule has 5 heteroatoms. The molecule has 4 N–H and O–H groups in total. The van der Waals surface area contributed by atoms with Gasteiger partial charge in [0.05, 0.1) is 5.69 Å². The summed E-state index contributed by atoms with van der Waals surface area (Å²) in [5, 5.41) is 0. The number of nitrogens with two attached hydrogens (primary N) is 2. The predicted octanol–water partition coefficient (Wildman–Crippen LogP) is 1.60. The van der Waals surface area contributed by atoms with Crippen LogP contribution < -0.4 is 16.2 Å². The lowest BCUT2D eigenvalue weighted by Gasteiger charge is -2.25. The molecule has 0 amide bonds. The van der Waals surface area contributed by atoms with E-state index in [0.717, 1.165) is 12.8 Å². The van der Waals surface area contributed by atoms with Gasteiger partial charge in [-0.2, -0.15) is 4.98 Å². The first kappa shape index (κ1) is 10.9. The van der Waals surface area contributed by atoms with E-state index in [-0.39, 0.29) is 12.4 Å². The van der Waals surface area contributed by atoms with Gasteiger partial charge in [0.2, 0.25) is 5.88 Å². The van der Waals surface area contributed by atoms with Crippen LogP contribution in [0, 0.1) is 0 Å². The van der Waals surface area contributed by atoms with E-state index < -0.39 is 0 Å². The highest BCUT2D eigenvalue weighted by atomic mass is 35.5. The molecule has 1 aliphatic carbocycles.